The number of H-pyrrole nitrogens is 1. The number of aromatic nitrogens is 3. The highest BCUT2D eigenvalue weighted by molar-refractivity contribution is 5.70. The molecule has 1 aliphatic heterocycles. The number of hydrogen-bond donors (Lipinski definition) is 2. The Bertz CT molecular complexity index is 531. The molecule has 3 rings (SSSR count). The summed E-state index contributed by atoms with van der Waals surface area (Å²) in [6.07, 6.45) is 2.41. The second-order valence-electron chi connectivity index (χ2n) is 5.08. The molecule has 2 N–H and O–H groups in total. The van der Waals surface area contributed by atoms with Crippen LogP contribution in [0.3, 0.4) is 0 Å². The molecule has 1 saturated heterocycles. The van der Waals surface area contributed by atoms with Crippen LogP contribution in [0.1, 0.15) is 37.3 Å². The van der Waals surface area contributed by atoms with Crippen LogP contribution in [-0.2, 0) is 0 Å². The Morgan fingerprint density at radius 3 is 3.00 bits per heavy atom. The van der Waals surface area contributed by atoms with Gasteiger partial charge in [-0.1, -0.05) is 6.92 Å². The average molecular weight is 230 g/mol. The first kappa shape index (κ1) is 10.7. The summed E-state index contributed by atoms with van der Waals surface area (Å²) in [6, 6.07) is 4.43. The number of nitrogens with one attached hydrogen (secondary N) is 2. The van der Waals surface area contributed by atoms with Gasteiger partial charge in [0.1, 0.15) is 5.82 Å². The number of piperidine rings is 1. The number of aryl methyl sites for hydroxylation is 1. The lowest BCUT2D eigenvalue weighted by Gasteiger charge is -2.26. The minimum Gasteiger partial charge on any atom is -0.339 e. The van der Waals surface area contributed by atoms with Crippen LogP contribution in [-0.4, -0.2) is 21.5 Å². The molecular weight excluding hydrogens is 212 g/mol. The molecule has 17 heavy (non-hydrogen) atoms. The van der Waals surface area contributed by atoms with E-state index in [1.807, 2.05) is 13.0 Å². The molecule has 4 heteroatoms. The lowest BCUT2D eigenvalue weighted by Crippen LogP contribution is -2.31. The first-order chi connectivity index (χ1) is 8.22. The topological polar surface area (TPSA) is 53.6 Å². The number of imidazole rings is 1. The van der Waals surface area contributed by atoms with Gasteiger partial charge in [0.05, 0.1) is 11.6 Å². The third-order valence-electron chi connectivity index (χ3n) is 3.50. The van der Waals surface area contributed by atoms with E-state index in [0.29, 0.717) is 6.04 Å². The Labute approximate surface area is 101 Å². The van der Waals surface area contributed by atoms with Crippen molar-refractivity contribution in [1.82, 2.24) is 20.3 Å². The second kappa shape index (κ2) is 4.11. The summed E-state index contributed by atoms with van der Waals surface area (Å²) < 4.78 is 0. The van der Waals surface area contributed by atoms with Gasteiger partial charge in [0.2, 0.25) is 0 Å². The minimum absolute atomic E-state index is 0.355. The normalized spacial score (nSPS) is 25.3. The van der Waals surface area contributed by atoms with Gasteiger partial charge in [-0.2, -0.15) is 0 Å². The predicted octanol–water partition coefficient (Wildman–Crippen LogP) is 2.33. The summed E-state index contributed by atoms with van der Waals surface area (Å²) in [5.74, 6) is 1.80. The fourth-order valence-corrected chi connectivity index (χ4v) is 2.49. The van der Waals surface area contributed by atoms with Gasteiger partial charge in [0.25, 0.3) is 0 Å². The molecule has 2 atom stereocenters. The van der Waals surface area contributed by atoms with Crippen LogP contribution < -0.4 is 5.32 Å². The van der Waals surface area contributed by atoms with Gasteiger partial charge >= 0.3 is 0 Å². The van der Waals surface area contributed by atoms with Gasteiger partial charge in [-0.3, -0.25) is 0 Å². The Hall–Kier alpha value is -1.42. The van der Waals surface area contributed by atoms with Crippen LogP contribution in [0.25, 0.3) is 11.2 Å². The highest BCUT2D eigenvalue weighted by Crippen LogP contribution is 2.26. The van der Waals surface area contributed by atoms with Gasteiger partial charge in [-0.05, 0) is 44.4 Å². The van der Waals surface area contributed by atoms with E-state index < -0.39 is 0 Å². The smallest absolute Gasteiger partial charge is 0.177 e. The minimum atomic E-state index is 0.355. The highest BCUT2D eigenvalue weighted by Gasteiger charge is 2.22. The standard InChI is InChI=1S/C13H18N4/c1-8-5-6-14-11(7-8)13-16-10-4-3-9(2)15-12(10)17-13/h3-4,8,11,14H,5-7H2,1-2H3,(H,15,16,17). The first-order valence-corrected chi connectivity index (χ1v) is 6.29. The molecule has 90 valence electrons. The molecule has 1 aliphatic rings. The monoisotopic (exact) mass is 230 g/mol. The molecule has 0 bridgehead atoms. The SMILES string of the molecule is Cc1ccc2[nH]c(C3CC(C)CCN3)nc2n1. The fourth-order valence-electron chi connectivity index (χ4n) is 2.49. The van der Waals surface area contributed by atoms with Crippen molar-refractivity contribution in [2.45, 2.75) is 32.7 Å². The van der Waals surface area contributed by atoms with Gasteiger partial charge in [0.15, 0.2) is 5.65 Å². The van der Waals surface area contributed by atoms with E-state index in [1.165, 1.54) is 6.42 Å². The molecule has 2 aromatic rings. The summed E-state index contributed by atoms with van der Waals surface area (Å²) in [5, 5.41) is 3.52. The van der Waals surface area contributed by atoms with Crippen molar-refractivity contribution in [2.75, 3.05) is 6.54 Å². The lowest BCUT2D eigenvalue weighted by atomic mass is 9.94. The van der Waals surface area contributed by atoms with Gasteiger partial charge in [-0.25, -0.2) is 9.97 Å². The van der Waals surface area contributed by atoms with Crippen LogP contribution in [0.5, 0.6) is 0 Å². The van der Waals surface area contributed by atoms with Crippen molar-refractivity contribution in [3.05, 3.63) is 23.7 Å². The second-order valence-corrected chi connectivity index (χ2v) is 5.08. The summed E-state index contributed by atoms with van der Waals surface area (Å²) in [5.41, 5.74) is 2.88. The van der Waals surface area contributed by atoms with Gasteiger partial charge < -0.3 is 10.3 Å². The Kier molecular flexibility index (Phi) is 2.59. The van der Waals surface area contributed by atoms with Crippen molar-refractivity contribution in [1.29, 1.82) is 0 Å². The summed E-state index contributed by atoms with van der Waals surface area (Å²) >= 11 is 0. The van der Waals surface area contributed by atoms with Crippen molar-refractivity contribution in [2.24, 2.45) is 5.92 Å². The van der Waals surface area contributed by atoms with Crippen molar-refractivity contribution in [3.63, 3.8) is 0 Å². The van der Waals surface area contributed by atoms with E-state index in [9.17, 15) is 0 Å². The molecule has 0 aliphatic carbocycles. The molecule has 2 aromatic heterocycles. The maximum absolute atomic E-state index is 4.60. The van der Waals surface area contributed by atoms with E-state index in [-0.39, 0.29) is 0 Å². The zero-order chi connectivity index (χ0) is 11.8. The fraction of sp³-hybridized carbons (Fsp3) is 0.538. The van der Waals surface area contributed by atoms with Crippen LogP contribution in [0.2, 0.25) is 0 Å². The molecule has 0 aromatic carbocycles. The van der Waals surface area contributed by atoms with Crippen molar-refractivity contribution < 1.29 is 0 Å². The summed E-state index contributed by atoms with van der Waals surface area (Å²) in [7, 11) is 0. The molecule has 0 amide bonds. The van der Waals surface area contributed by atoms with Crippen molar-refractivity contribution >= 4 is 11.2 Å². The molecular formula is C13H18N4. The predicted molar refractivity (Wildman–Crippen MR) is 67.8 cm³/mol. The number of pyridine rings is 1. The molecule has 3 heterocycles. The quantitative estimate of drug-likeness (QED) is 0.790. The molecule has 0 spiro atoms. The zero-order valence-electron chi connectivity index (χ0n) is 10.3. The maximum atomic E-state index is 4.60. The lowest BCUT2D eigenvalue weighted by molar-refractivity contribution is 0.317. The van der Waals surface area contributed by atoms with Crippen LogP contribution in [0.4, 0.5) is 0 Å². The molecule has 0 saturated carbocycles. The summed E-state index contributed by atoms with van der Waals surface area (Å²) in [6.45, 7) is 5.38. The Morgan fingerprint density at radius 1 is 1.29 bits per heavy atom. The van der Waals surface area contributed by atoms with Crippen LogP contribution in [0, 0.1) is 12.8 Å². The number of aromatic amines is 1. The van der Waals surface area contributed by atoms with E-state index in [4.69, 9.17) is 0 Å². The van der Waals surface area contributed by atoms with Crippen molar-refractivity contribution in [3.8, 4) is 0 Å². The zero-order valence-corrected chi connectivity index (χ0v) is 10.3. The molecule has 0 radical (unpaired) electrons. The number of nitrogens with zero attached hydrogens (tertiary/aromatic N) is 2. The van der Waals surface area contributed by atoms with E-state index in [2.05, 4.69) is 33.3 Å². The Balaban J connectivity index is 1.94. The van der Waals surface area contributed by atoms with Crippen LogP contribution >= 0.6 is 0 Å². The molecule has 1 fully saturated rings. The summed E-state index contributed by atoms with van der Waals surface area (Å²) in [4.78, 5) is 12.4. The van der Waals surface area contributed by atoms with E-state index in [1.54, 1.807) is 0 Å². The van der Waals surface area contributed by atoms with E-state index in [0.717, 1.165) is 41.6 Å². The van der Waals surface area contributed by atoms with Crippen LogP contribution in [0.15, 0.2) is 12.1 Å². The molecule has 4 nitrogen and oxygen atoms in total. The van der Waals surface area contributed by atoms with Gasteiger partial charge in [-0.15, -0.1) is 0 Å². The average Bonchev–Trinajstić information content (AvgIpc) is 2.72. The van der Waals surface area contributed by atoms with E-state index >= 15 is 0 Å². The third kappa shape index (κ3) is 2.05. The first-order valence-electron chi connectivity index (χ1n) is 6.29. The molecule has 2 unspecified atom stereocenters. The largest absolute Gasteiger partial charge is 0.339 e. The number of rotatable bonds is 1. The number of hydrogen-bond acceptors (Lipinski definition) is 3. The maximum Gasteiger partial charge on any atom is 0.177 e. The highest BCUT2D eigenvalue weighted by atomic mass is 15.1. The number of fused-ring (bicyclic) bond motifs is 1. The Morgan fingerprint density at radius 2 is 2.18 bits per heavy atom. The van der Waals surface area contributed by atoms with Gasteiger partial charge in [0, 0.05) is 5.69 Å². The third-order valence-corrected chi connectivity index (χ3v) is 3.50.